The number of pyridine rings is 1. The molecular formula is C15H12N4O. The van der Waals surface area contributed by atoms with E-state index in [1.807, 2.05) is 6.07 Å². The second-order valence-electron chi connectivity index (χ2n) is 4.04. The maximum Gasteiger partial charge on any atom is 0.289 e. The van der Waals surface area contributed by atoms with Crippen LogP contribution < -0.4 is 5.43 Å². The first kappa shape index (κ1) is 13.4. The van der Waals surface area contributed by atoms with Gasteiger partial charge < -0.3 is 0 Å². The first-order valence-electron chi connectivity index (χ1n) is 5.97. The Bertz CT molecular complexity index is 669. The van der Waals surface area contributed by atoms with Gasteiger partial charge in [0.25, 0.3) is 5.91 Å². The molecule has 1 heterocycles. The van der Waals surface area contributed by atoms with E-state index in [2.05, 4.69) is 15.5 Å². The maximum atomic E-state index is 11.8. The summed E-state index contributed by atoms with van der Waals surface area (Å²) in [5.74, 6) is -0.362. The normalized spacial score (nSPS) is 10.7. The summed E-state index contributed by atoms with van der Waals surface area (Å²) in [4.78, 5) is 15.7. The van der Waals surface area contributed by atoms with Crippen molar-refractivity contribution in [2.75, 3.05) is 0 Å². The highest BCUT2D eigenvalue weighted by Gasteiger charge is 2.05. The number of hydrogen-bond donors (Lipinski definition) is 1. The fourth-order valence-electron chi connectivity index (χ4n) is 1.54. The fourth-order valence-corrected chi connectivity index (χ4v) is 1.54. The Morgan fingerprint density at radius 2 is 2.00 bits per heavy atom. The van der Waals surface area contributed by atoms with E-state index < -0.39 is 0 Å². The van der Waals surface area contributed by atoms with Gasteiger partial charge >= 0.3 is 0 Å². The minimum absolute atomic E-state index is 0.309. The summed E-state index contributed by atoms with van der Waals surface area (Å²) in [6.07, 6.45) is 1.55. The zero-order chi connectivity index (χ0) is 14.4. The quantitative estimate of drug-likeness (QED) is 0.681. The van der Waals surface area contributed by atoms with Gasteiger partial charge in [0.05, 0.1) is 17.3 Å². The third kappa shape index (κ3) is 3.27. The van der Waals surface area contributed by atoms with Gasteiger partial charge in [-0.2, -0.15) is 10.4 Å². The summed E-state index contributed by atoms with van der Waals surface area (Å²) in [7, 11) is 0. The van der Waals surface area contributed by atoms with Crippen LogP contribution >= 0.6 is 0 Å². The lowest BCUT2D eigenvalue weighted by Crippen LogP contribution is -2.20. The maximum absolute atomic E-state index is 11.8. The molecule has 5 heteroatoms. The van der Waals surface area contributed by atoms with Gasteiger partial charge in [0.1, 0.15) is 5.69 Å². The SMILES string of the molecule is C/C(=N\NC(=O)c1ccccn1)c1ccc(C#N)cc1. The first-order valence-corrected chi connectivity index (χ1v) is 5.97. The molecule has 0 aliphatic carbocycles. The molecule has 2 aromatic rings. The Labute approximate surface area is 116 Å². The number of amides is 1. The minimum atomic E-state index is -0.362. The van der Waals surface area contributed by atoms with Crippen molar-refractivity contribution in [1.29, 1.82) is 5.26 Å². The van der Waals surface area contributed by atoms with Gasteiger partial charge in [0.2, 0.25) is 0 Å². The number of benzene rings is 1. The highest BCUT2D eigenvalue weighted by Crippen LogP contribution is 2.04. The predicted octanol–water partition coefficient (Wildman–Crippen LogP) is 2.11. The highest BCUT2D eigenvalue weighted by molar-refractivity contribution is 6.00. The van der Waals surface area contributed by atoms with Crippen molar-refractivity contribution >= 4 is 11.6 Å². The van der Waals surface area contributed by atoms with E-state index in [1.165, 1.54) is 0 Å². The van der Waals surface area contributed by atoms with E-state index in [1.54, 1.807) is 55.6 Å². The molecule has 1 aromatic heterocycles. The minimum Gasteiger partial charge on any atom is -0.266 e. The molecule has 0 aliphatic heterocycles. The lowest BCUT2D eigenvalue weighted by molar-refractivity contribution is 0.0950. The van der Waals surface area contributed by atoms with Crippen LogP contribution in [-0.4, -0.2) is 16.6 Å². The third-order valence-corrected chi connectivity index (χ3v) is 2.65. The van der Waals surface area contributed by atoms with Crippen molar-refractivity contribution in [3.05, 3.63) is 65.5 Å². The number of rotatable bonds is 3. The molecule has 20 heavy (non-hydrogen) atoms. The van der Waals surface area contributed by atoms with Gasteiger partial charge in [-0.3, -0.25) is 9.78 Å². The van der Waals surface area contributed by atoms with Crippen molar-refractivity contribution in [1.82, 2.24) is 10.4 Å². The van der Waals surface area contributed by atoms with E-state index in [0.717, 1.165) is 5.56 Å². The van der Waals surface area contributed by atoms with E-state index in [9.17, 15) is 4.79 Å². The summed E-state index contributed by atoms with van der Waals surface area (Å²) in [6.45, 7) is 1.78. The summed E-state index contributed by atoms with van der Waals surface area (Å²) >= 11 is 0. The van der Waals surface area contributed by atoms with Crippen molar-refractivity contribution in [3.63, 3.8) is 0 Å². The Kier molecular flexibility index (Phi) is 4.20. The van der Waals surface area contributed by atoms with Gasteiger partial charge in [-0.25, -0.2) is 5.43 Å². The van der Waals surface area contributed by atoms with Crippen LogP contribution in [-0.2, 0) is 0 Å². The fraction of sp³-hybridized carbons (Fsp3) is 0.0667. The Balaban J connectivity index is 2.07. The largest absolute Gasteiger partial charge is 0.289 e. The lowest BCUT2D eigenvalue weighted by Gasteiger charge is -2.02. The summed E-state index contributed by atoms with van der Waals surface area (Å²) in [5.41, 5.74) is 4.83. The number of carbonyl (C=O) groups excluding carboxylic acids is 1. The molecule has 0 atom stereocenters. The molecule has 0 unspecified atom stereocenters. The molecule has 1 aromatic carbocycles. The van der Waals surface area contributed by atoms with Crippen LogP contribution in [0.5, 0.6) is 0 Å². The molecular weight excluding hydrogens is 252 g/mol. The number of hydrazone groups is 1. The summed E-state index contributed by atoms with van der Waals surface area (Å²) in [6, 6.07) is 14.1. The highest BCUT2D eigenvalue weighted by atomic mass is 16.2. The Morgan fingerprint density at radius 1 is 1.25 bits per heavy atom. The van der Waals surface area contributed by atoms with Crippen LogP contribution in [0.4, 0.5) is 0 Å². The first-order chi connectivity index (χ1) is 9.70. The zero-order valence-corrected chi connectivity index (χ0v) is 10.9. The lowest BCUT2D eigenvalue weighted by atomic mass is 10.1. The molecule has 5 nitrogen and oxygen atoms in total. The van der Waals surface area contributed by atoms with Crippen molar-refractivity contribution in [3.8, 4) is 6.07 Å². The smallest absolute Gasteiger partial charge is 0.266 e. The van der Waals surface area contributed by atoms with Crippen LogP contribution in [0.2, 0.25) is 0 Å². The van der Waals surface area contributed by atoms with E-state index in [4.69, 9.17) is 5.26 Å². The number of carbonyl (C=O) groups is 1. The summed E-state index contributed by atoms with van der Waals surface area (Å²) < 4.78 is 0. The van der Waals surface area contributed by atoms with Crippen LogP contribution in [0.3, 0.4) is 0 Å². The van der Waals surface area contributed by atoms with E-state index >= 15 is 0 Å². The number of nitrogens with one attached hydrogen (secondary N) is 1. The van der Waals surface area contributed by atoms with Crippen LogP contribution in [0.15, 0.2) is 53.8 Å². The molecule has 98 valence electrons. The zero-order valence-electron chi connectivity index (χ0n) is 10.9. The van der Waals surface area contributed by atoms with Crippen LogP contribution in [0.1, 0.15) is 28.5 Å². The second-order valence-corrected chi connectivity index (χ2v) is 4.04. The molecule has 1 N–H and O–H groups in total. The van der Waals surface area contributed by atoms with Gasteiger partial charge in [-0.1, -0.05) is 18.2 Å². The van der Waals surface area contributed by atoms with Crippen LogP contribution in [0, 0.1) is 11.3 Å². The van der Waals surface area contributed by atoms with Crippen molar-refractivity contribution in [2.24, 2.45) is 5.10 Å². The third-order valence-electron chi connectivity index (χ3n) is 2.65. The van der Waals surface area contributed by atoms with Gasteiger partial charge in [0.15, 0.2) is 0 Å². The van der Waals surface area contributed by atoms with E-state index in [-0.39, 0.29) is 5.91 Å². The van der Waals surface area contributed by atoms with Gasteiger partial charge in [-0.05, 0) is 36.8 Å². The molecule has 1 amide bonds. The molecule has 0 saturated heterocycles. The number of nitriles is 1. The Hall–Kier alpha value is -3.00. The monoisotopic (exact) mass is 264 g/mol. The topological polar surface area (TPSA) is 78.1 Å². The number of hydrogen-bond acceptors (Lipinski definition) is 4. The Morgan fingerprint density at radius 3 is 2.60 bits per heavy atom. The average molecular weight is 264 g/mol. The average Bonchev–Trinajstić information content (AvgIpc) is 2.53. The molecule has 0 bridgehead atoms. The predicted molar refractivity (Wildman–Crippen MR) is 75.1 cm³/mol. The van der Waals surface area contributed by atoms with Gasteiger partial charge in [-0.15, -0.1) is 0 Å². The molecule has 0 aliphatic rings. The second kappa shape index (κ2) is 6.25. The summed E-state index contributed by atoms with van der Waals surface area (Å²) in [5, 5.41) is 12.7. The molecule has 0 fully saturated rings. The molecule has 0 saturated carbocycles. The standard InChI is InChI=1S/C15H12N4O/c1-11(13-7-5-12(10-16)6-8-13)18-19-15(20)14-4-2-3-9-17-14/h2-9H,1H3,(H,19,20)/b18-11+. The number of nitrogens with zero attached hydrogens (tertiary/aromatic N) is 3. The molecule has 0 spiro atoms. The van der Waals surface area contributed by atoms with Crippen molar-refractivity contribution in [2.45, 2.75) is 6.92 Å². The van der Waals surface area contributed by atoms with Crippen molar-refractivity contribution < 1.29 is 4.79 Å². The van der Waals surface area contributed by atoms with E-state index in [0.29, 0.717) is 17.0 Å². The van der Waals surface area contributed by atoms with Crippen LogP contribution in [0.25, 0.3) is 0 Å². The molecule has 0 radical (unpaired) electrons. The number of aromatic nitrogens is 1. The van der Waals surface area contributed by atoms with Gasteiger partial charge in [0, 0.05) is 6.20 Å². The molecule has 2 rings (SSSR count).